The number of piperazine rings is 1. The maximum absolute atomic E-state index is 12.7. The average molecular weight is 370 g/mol. The number of carbonyl (C=O) groups excluding carboxylic acids is 1. The van der Waals surface area contributed by atoms with Crippen LogP contribution in [0.3, 0.4) is 0 Å². The van der Waals surface area contributed by atoms with Gasteiger partial charge in [-0.05, 0) is 41.5 Å². The molecule has 136 valence electrons. The number of nitrogens with zero attached hydrogens (tertiary/aromatic N) is 3. The van der Waals surface area contributed by atoms with Crippen molar-refractivity contribution in [1.82, 2.24) is 14.8 Å². The Labute approximate surface area is 159 Å². The summed E-state index contributed by atoms with van der Waals surface area (Å²) in [5.74, 6) is 0.705. The first-order valence-electron chi connectivity index (χ1n) is 9.37. The standard InChI is InChI=1S/C21H24ClN3O/c22-20-8-5-16(14-23-20)15-24-9-11-25(12-10-24)21(26)13-18-7-6-17-3-1-2-4-19(17)18/h1-5,8,14,18H,6-7,9-13,15H2. The first-order valence-corrected chi connectivity index (χ1v) is 9.75. The van der Waals surface area contributed by atoms with Gasteiger partial charge in [0.05, 0.1) is 0 Å². The predicted octanol–water partition coefficient (Wildman–Crippen LogP) is 3.50. The molecule has 5 heteroatoms. The highest BCUT2D eigenvalue weighted by atomic mass is 35.5. The van der Waals surface area contributed by atoms with Gasteiger partial charge < -0.3 is 4.90 Å². The van der Waals surface area contributed by atoms with Gasteiger partial charge >= 0.3 is 0 Å². The van der Waals surface area contributed by atoms with Gasteiger partial charge in [0.15, 0.2) is 0 Å². The van der Waals surface area contributed by atoms with E-state index in [2.05, 4.69) is 34.1 Å². The molecule has 26 heavy (non-hydrogen) atoms. The lowest BCUT2D eigenvalue weighted by molar-refractivity contribution is -0.133. The van der Waals surface area contributed by atoms with Gasteiger partial charge in [-0.3, -0.25) is 9.69 Å². The Bertz CT molecular complexity index is 769. The first-order chi connectivity index (χ1) is 12.7. The molecule has 2 heterocycles. The lowest BCUT2D eigenvalue weighted by Crippen LogP contribution is -2.48. The highest BCUT2D eigenvalue weighted by Gasteiger charge is 2.28. The van der Waals surface area contributed by atoms with E-state index in [0.717, 1.165) is 51.1 Å². The zero-order valence-electron chi connectivity index (χ0n) is 14.9. The van der Waals surface area contributed by atoms with Gasteiger partial charge in [0.1, 0.15) is 5.15 Å². The highest BCUT2D eigenvalue weighted by molar-refractivity contribution is 6.29. The Morgan fingerprint density at radius 1 is 1.12 bits per heavy atom. The topological polar surface area (TPSA) is 36.4 Å². The monoisotopic (exact) mass is 369 g/mol. The Hall–Kier alpha value is -1.91. The maximum atomic E-state index is 12.7. The second-order valence-corrected chi connectivity index (χ2v) is 7.67. The molecule has 1 fully saturated rings. The maximum Gasteiger partial charge on any atom is 0.223 e. The second kappa shape index (κ2) is 7.77. The fraction of sp³-hybridized carbons (Fsp3) is 0.429. The molecule has 4 nitrogen and oxygen atoms in total. The number of benzene rings is 1. The molecule has 0 bridgehead atoms. The van der Waals surface area contributed by atoms with E-state index in [9.17, 15) is 4.79 Å². The molecule has 2 aliphatic rings. The smallest absolute Gasteiger partial charge is 0.223 e. The molecule has 1 aromatic carbocycles. The van der Waals surface area contributed by atoms with Crippen LogP contribution < -0.4 is 0 Å². The summed E-state index contributed by atoms with van der Waals surface area (Å²) in [7, 11) is 0. The molecule has 1 aliphatic heterocycles. The fourth-order valence-corrected chi connectivity index (χ4v) is 4.22. The third-order valence-electron chi connectivity index (χ3n) is 5.60. The van der Waals surface area contributed by atoms with E-state index < -0.39 is 0 Å². The first kappa shape index (κ1) is 17.5. The van der Waals surface area contributed by atoms with Gasteiger partial charge in [-0.1, -0.05) is 41.9 Å². The van der Waals surface area contributed by atoms with Crippen molar-refractivity contribution in [2.24, 2.45) is 0 Å². The molecule has 1 amide bonds. The minimum absolute atomic E-state index is 0.305. The van der Waals surface area contributed by atoms with Gasteiger partial charge in [-0.2, -0.15) is 0 Å². The molecule has 2 aromatic rings. The van der Waals surface area contributed by atoms with Crippen molar-refractivity contribution < 1.29 is 4.79 Å². The Kier molecular flexibility index (Phi) is 5.23. The molecular weight excluding hydrogens is 346 g/mol. The number of rotatable bonds is 4. The molecule has 4 rings (SSSR count). The quantitative estimate of drug-likeness (QED) is 0.774. The summed E-state index contributed by atoms with van der Waals surface area (Å²) in [6.07, 6.45) is 4.70. The van der Waals surface area contributed by atoms with Crippen LogP contribution in [0.25, 0.3) is 0 Å². The third kappa shape index (κ3) is 3.92. The Balaban J connectivity index is 1.28. The number of halogens is 1. The Morgan fingerprint density at radius 2 is 1.92 bits per heavy atom. The van der Waals surface area contributed by atoms with E-state index in [1.165, 1.54) is 11.1 Å². The van der Waals surface area contributed by atoms with Crippen molar-refractivity contribution in [2.45, 2.75) is 31.7 Å². The van der Waals surface area contributed by atoms with Crippen LogP contribution in [-0.2, 0) is 17.8 Å². The van der Waals surface area contributed by atoms with Crippen molar-refractivity contribution in [3.8, 4) is 0 Å². The number of pyridine rings is 1. The van der Waals surface area contributed by atoms with E-state index in [1.807, 2.05) is 23.2 Å². The lowest BCUT2D eigenvalue weighted by atomic mass is 9.97. The largest absolute Gasteiger partial charge is 0.340 e. The van der Waals surface area contributed by atoms with Gasteiger partial charge in [0.2, 0.25) is 5.91 Å². The molecule has 0 saturated carbocycles. The van der Waals surface area contributed by atoms with E-state index >= 15 is 0 Å². The number of hydrogen-bond donors (Lipinski definition) is 0. The molecule has 1 atom stereocenters. The van der Waals surface area contributed by atoms with E-state index in [1.54, 1.807) is 0 Å². The van der Waals surface area contributed by atoms with Crippen molar-refractivity contribution in [2.75, 3.05) is 26.2 Å². The number of amides is 1. The average Bonchev–Trinajstić information content (AvgIpc) is 3.07. The van der Waals surface area contributed by atoms with Crippen LogP contribution in [0.15, 0.2) is 42.6 Å². The molecule has 1 saturated heterocycles. The summed E-state index contributed by atoms with van der Waals surface area (Å²) in [5, 5.41) is 0.526. The SMILES string of the molecule is O=C(CC1CCc2ccccc21)N1CCN(Cc2ccc(Cl)nc2)CC1. The molecule has 0 N–H and O–H groups in total. The number of fused-ring (bicyclic) bond motifs is 1. The van der Waals surface area contributed by atoms with Crippen LogP contribution in [0.1, 0.15) is 35.4 Å². The highest BCUT2D eigenvalue weighted by Crippen LogP contribution is 2.35. The third-order valence-corrected chi connectivity index (χ3v) is 5.82. The van der Waals surface area contributed by atoms with Crippen LogP contribution in [0.4, 0.5) is 0 Å². The molecule has 1 aromatic heterocycles. The normalized spacial score (nSPS) is 20.2. The molecule has 1 unspecified atom stereocenters. The molecular formula is C21H24ClN3O. The summed E-state index contributed by atoms with van der Waals surface area (Å²) in [5.41, 5.74) is 3.97. The van der Waals surface area contributed by atoms with Crippen molar-refractivity contribution in [3.63, 3.8) is 0 Å². The summed E-state index contributed by atoms with van der Waals surface area (Å²) < 4.78 is 0. The van der Waals surface area contributed by atoms with E-state index in [4.69, 9.17) is 11.6 Å². The van der Waals surface area contributed by atoms with Crippen LogP contribution in [0.2, 0.25) is 5.15 Å². The van der Waals surface area contributed by atoms with Crippen LogP contribution in [0.5, 0.6) is 0 Å². The molecule has 0 spiro atoms. The van der Waals surface area contributed by atoms with Gasteiger partial charge in [0.25, 0.3) is 0 Å². The van der Waals surface area contributed by atoms with E-state index in [0.29, 0.717) is 23.4 Å². The lowest BCUT2D eigenvalue weighted by Gasteiger charge is -2.35. The summed E-state index contributed by atoms with van der Waals surface area (Å²) >= 11 is 5.84. The van der Waals surface area contributed by atoms with Gasteiger partial charge in [-0.25, -0.2) is 4.98 Å². The van der Waals surface area contributed by atoms with Crippen molar-refractivity contribution in [1.29, 1.82) is 0 Å². The summed E-state index contributed by atoms with van der Waals surface area (Å²) in [6.45, 7) is 4.32. The predicted molar refractivity (Wildman–Crippen MR) is 103 cm³/mol. The summed E-state index contributed by atoms with van der Waals surface area (Å²) in [4.78, 5) is 21.3. The number of hydrogen-bond acceptors (Lipinski definition) is 3. The number of carbonyl (C=O) groups is 1. The Morgan fingerprint density at radius 3 is 2.69 bits per heavy atom. The number of aryl methyl sites for hydroxylation is 1. The van der Waals surface area contributed by atoms with E-state index in [-0.39, 0.29) is 0 Å². The zero-order valence-corrected chi connectivity index (χ0v) is 15.7. The molecule has 0 radical (unpaired) electrons. The van der Waals surface area contributed by atoms with Crippen molar-refractivity contribution in [3.05, 3.63) is 64.4 Å². The van der Waals surface area contributed by atoms with Crippen molar-refractivity contribution >= 4 is 17.5 Å². The zero-order chi connectivity index (χ0) is 17.9. The fourth-order valence-electron chi connectivity index (χ4n) is 4.11. The van der Waals surface area contributed by atoms with Gasteiger partial charge in [-0.15, -0.1) is 0 Å². The summed E-state index contributed by atoms with van der Waals surface area (Å²) in [6, 6.07) is 12.4. The van der Waals surface area contributed by atoms with Crippen LogP contribution >= 0.6 is 11.6 Å². The van der Waals surface area contributed by atoms with Gasteiger partial charge in [0, 0.05) is 45.3 Å². The second-order valence-electron chi connectivity index (χ2n) is 7.28. The van der Waals surface area contributed by atoms with Crippen LogP contribution in [0, 0.1) is 0 Å². The minimum atomic E-state index is 0.305. The number of aromatic nitrogens is 1. The molecule has 1 aliphatic carbocycles. The minimum Gasteiger partial charge on any atom is -0.340 e. The van der Waals surface area contributed by atoms with Crippen LogP contribution in [-0.4, -0.2) is 46.9 Å².